The van der Waals surface area contributed by atoms with E-state index in [0.717, 1.165) is 6.07 Å². The molecule has 1 aliphatic rings. The molecule has 0 radical (unpaired) electrons. The number of halogens is 4. The number of hydrogen-bond donors (Lipinski definition) is 0. The van der Waals surface area contributed by atoms with Crippen molar-refractivity contribution in [1.82, 2.24) is 19.9 Å². The van der Waals surface area contributed by atoms with Gasteiger partial charge in [-0.25, -0.2) is 23.7 Å². The molecule has 1 saturated heterocycles. The van der Waals surface area contributed by atoms with Gasteiger partial charge in [-0.15, -0.1) is 0 Å². The van der Waals surface area contributed by atoms with E-state index in [9.17, 15) is 8.78 Å². The Hall–Kier alpha value is -2.09. The van der Waals surface area contributed by atoms with Crippen molar-refractivity contribution in [1.29, 1.82) is 0 Å². The molecule has 0 saturated carbocycles. The summed E-state index contributed by atoms with van der Waals surface area (Å²) in [5.41, 5.74) is 1.69. The summed E-state index contributed by atoms with van der Waals surface area (Å²) in [6, 6.07) is 5.33. The van der Waals surface area contributed by atoms with Crippen LogP contribution in [0, 0.1) is 11.6 Å². The van der Waals surface area contributed by atoms with Gasteiger partial charge in [0.1, 0.15) is 22.3 Å². The molecule has 3 heterocycles. The SMILES string of the molecule is Fc1ccc(CN2CCN(c3nc4cc(Cl)ncc4nc3Cl)CC2)c(F)c1. The average Bonchev–Trinajstić information content (AvgIpc) is 2.64. The third-order valence-corrected chi connectivity index (χ3v) is 5.00. The van der Waals surface area contributed by atoms with Crippen LogP contribution in [0.3, 0.4) is 0 Å². The number of aromatic nitrogens is 3. The van der Waals surface area contributed by atoms with Crippen molar-refractivity contribution >= 4 is 40.1 Å². The first kappa shape index (κ1) is 18.3. The molecule has 1 fully saturated rings. The van der Waals surface area contributed by atoms with Crippen LogP contribution < -0.4 is 4.90 Å². The summed E-state index contributed by atoms with van der Waals surface area (Å²) in [5.74, 6) is -0.494. The molecule has 140 valence electrons. The smallest absolute Gasteiger partial charge is 0.172 e. The normalized spacial score (nSPS) is 15.5. The molecule has 0 amide bonds. The topological polar surface area (TPSA) is 45.2 Å². The Morgan fingerprint density at radius 1 is 0.963 bits per heavy atom. The van der Waals surface area contributed by atoms with Crippen molar-refractivity contribution in [3.63, 3.8) is 0 Å². The van der Waals surface area contributed by atoms with E-state index in [4.69, 9.17) is 23.2 Å². The molecule has 0 atom stereocenters. The minimum absolute atomic E-state index is 0.310. The summed E-state index contributed by atoms with van der Waals surface area (Å²) >= 11 is 12.2. The van der Waals surface area contributed by atoms with E-state index in [1.54, 1.807) is 6.07 Å². The molecule has 0 bridgehead atoms. The Bertz CT molecular complexity index is 993. The van der Waals surface area contributed by atoms with Gasteiger partial charge in [-0.2, -0.15) is 0 Å². The van der Waals surface area contributed by atoms with Crippen LogP contribution in [0.2, 0.25) is 10.3 Å². The molecule has 27 heavy (non-hydrogen) atoms. The Balaban J connectivity index is 1.47. The molecule has 4 rings (SSSR count). The summed E-state index contributed by atoms with van der Waals surface area (Å²) in [5, 5.41) is 0.654. The lowest BCUT2D eigenvalue weighted by atomic mass is 10.2. The van der Waals surface area contributed by atoms with Crippen molar-refractivity contribution in [2.24, 2.45) is 0 Å². The van der Waals surface area contributed by atoms with E-state index in [1.165, 1.54) is 18.3 Å². The molecule has 1 aromatic carbocycles. The van der Waals surface area contributed by atoms with E-state index in [1.807, 2.05) is 4.90 Å². The Morgan fingerprint density at radius 3 is 2.48 bits per heavy atom. The molecule has 0 unspecified atom stereocenters. The zero-order valence-corrected chi connectivity index (χ0v) is 15.7. The lowest BCUT2D eigenvalue weighted by Crippen LogP contribution is -2.46. The number of fused-ring (bicyclic) bond motifs is 1. The molecule has 0 spiro atoms. The van der Waals surface area contributed by atoms with Crippen LogP contribution >= 0.6 is 23.2 Å². The highest BCUT2D eigenvalue weighted by molar-refractivity contribution is 6.32. The van der Waals surface area contributed by atoms with E-state index in [-0.39, 0.29) is 0 Å². The molecule has 3 aromatic rings. The van der Waals surface area contributed by atoms with Crippen LogP contribution in [0.5, 0.6) is 0 Å². The number of pyridine rings is 1. The van der Waals surface area contributed by atoms with Gasteiger partial charge in [0.05, 0.1) is 11.7 Å². The van der Waals surface area contributed by atoms with Crippen LogP contribution in [0.15, 0.2) is 30.5 Å². The van der Waals surface area contributed by atoms with Crippen molar-refractivity contribution < 1.29 is 8.78 Å². The van der Waals surface area contributed by atoms with E-state index in [0.29, 0.717) is 65.4 Å². The Morgan fingerprint density at radius 2 is 1.74 bits per heavy atom. The van der Waals surface area contributed by atoms with Gasteiger partial charge in [-0.3, -0.25) is 4.90 Å². The third-order valence-electron chi connectivity index (χ3n) is 4.54. The fourth-order valence-corrected chi connectivity index (χ4v) is 3.52. The Kier molecular flexibility index (Phi) is 5.08. The average molecular weight is 410 g/mol. The first-order valence-electron chi connectivity index (χ1n) is 8.39. The van der Waals surface area contributed by atoms with Crippen LogP contribution in [0.25, 0.3) is 11.0 Å². The second-order valence-electron chi connectivity index (χ2n) is 6.33. The van der Waals surface area contributed by atoms with Crippen molar-refractivity contribution in [3.05, 3.63) is 58.0 Å². The first-order valence-corrected chi connectivity index (χ1v) is 9.15. The van der Waals surface area contributed by atoms with Crippen LogP contribution in [-0.4, -0.2) is 46.0 Å². The van der Waals surface area contributed by atoms with Crippen molar-refractivity contribution in [2.45, 2.75) is 6.54 Å². The maximum atomic E-state index is 13.9. The number of piperazine rings is 1. The van der Waals surface area contributed by atoms with Gasteiger partial charge < -0.3 is 4.90 Å². The lowest BCUT2D eigenvalue weighted by Gasteiger charge is -2.35. The van der Waals surface area contributed by atoms with Crippen LogP contribution in [-0.2, 0) is 6.54 Å². The molecule has 0 N–H and O–H groups in total. The predicted octanol–water partition coefficient (Wildman–Crippen LogP) is 3.93. The van der Waals surface area contributed by atoms with Gasteiger partial charge in [0.25, 0.3) is 0 Å². The summed E-state index contributed by atoms with van der Waals surface area (Å²) in [4.78, 5) is 17.1. The largest absolute Gasteiger partial charge is 0.351 e. The van der Waals surface area contributed by atoms with Crippen molar-refractivity contribution in [3.8, 4) is 0 Å². The van der Waals surface area contributed by atoms with Gasteiger partial charge in [0.2, 0.25) is 0 Å². The number of benzene rings is 1. The molecular formula is C18H15Cl2F2N5. The summed E-state index contributed by atoms with van der Waals surface area (Å²) in [6.45, 7) is 3.16. The zero-order valence-electron chi connectivity index (χ0n) is 14.2. The molecule has 0 aliphatic carbocycles. The van der Waals surface area contributed by atoms with Gasteiger partial charge in [0.15, 0.2) is 11.0 Å². The summed E-state index contributed by atoms with van der Waals surface area (Å²) in [6.07, 6.45) is 1.54. The number of hydrogen-bond acceptors (Lipinski definition) is 5. The second kappa shape index (κ2) is 7.50. The van der Waals surface area contributed by atoms with E-state index in [2.05, 4.69) is 19.9 Å². The summed E-state index contributed by atoms with van der Waals surface area (Å²) in [7, 11) is 0. The minimum atomic E-state index is -0.569. The lowest BCUT2D eigenvalue weighted by molar-refractivity contribution is 0.246. The van der Waals surface area contributed by atoms with E-state index >= 15 is 0 Å². The predicted molar refractivity (Wildman–Crippen MR) is 101 cm³/mol. The van der Waals surface area contributed by atoms with Gasteiger partial charge in [-0.1, -0.05) is 29.3 Å². The third kappa shape index (κ3) is 3.95. The fourth-order valence-electron chi connectivity index (χ4n) is 3.11. The van der Waals surface area contributed by atoms with Gasteiger partial charge in [0, 0.05) is 50.4 Å². The number of rotatable bonds is 3. The molecule has 9 heteroatoms. The number of anilines is 1. The summed E-state index contributed by atoms with van der Waals surface area (Å²) < 4.78 is 26.9. The standard InChI is InChI=1S/C18H15Cl2F2N5/c19-16-8-14-15(9-23-16)24-17(20)18(25-14)27-5-3-26(4-6-27)10-11-1-2-12(21)7-13(11)22/h1-2,7-9H,3-6,10H2. The highest BCUT2D eigenvalue weighted by Gasteiger charge is 2.22. The molecule has 1 aliphatic heterocycles. The highest BCUT2D eigenvalue weighted by atomic mass is 35.5. The Labute approximate surface area is 164 Å². The maximum absolute atomic E-state index is 13.9. The molecular weight excluding hydrogens is 395 g/mol. The fraction of sp³-hybridized carbons (Fsp3) is 0.278. The monoisotopic (exact) mass is 409 g/mol. The van der Waals surface area contributed by atoms with Crippen molar-refractivity contribution in [2.75, 3.05) is 31.1 Å². The van der Waals surface area contributed by atoms with Crippen LogP contribution in [0.1, 0.15) is 5.56 Å². The molecule has 2 aromatic heterocycles. The molecule has 5 nitrogen and oxygen atoms in total. The number of nitrogens with zero attached hydrogens (tertiary/aromatic N) is 5. The van der Waals surface area contributed by atoms with Crippen LogP contribution in [0.4, 0.5) is 14.6 Å². The van der Waals surface area contributed by atoms with E-state index < -0.39 is 11.6 Å². The first-order chi connectivity index (χ1) is 13.0. The minimum Gasteiger partial charge on any atom is -0.351 e. The quantitative estimate of drug-likeness (QED) is 0.613. The maximum Gasteiger partial charge on any atom is 0.172 e. The second-order valence-corrected chi connectivity index (χ2v) is 7.08. The van der Waals surface area contributed by atoms with Gasteiger partial charge in [-0.05, 0) is 6.07 Å². The zero-order chi connectivity index (χ0) is 19.0. The highest BCUT2D eigenvalue weighted by Crippen LogP contribution is 2.26. The van der Waals surface area contributed by atoms with Gasteiger partial charge >= 0.3 is 0 Å².